The molecule has 4 atom stereocenters. The highest BCUT2D eigenvalue weighted by Crippen LogP contribution is 2.34. The first kappa shape index (κ1) is 17.1. The van der Waals surface area contributed by atoms with Gasteiger partial charge in [0.25, 0.3) is 0 Å². The Bertz CT molecular complexity index is 541. The summed E-state index contributed by atoms with van der Waals surface area (Å²) in [7, 11) is 1.29. The largest absolute Gasteiger partial charge is 0.494 e. The van der Waals surface area contributed by atoms with Gasteiger partial charge in [0, 0.05) is 32.3 Å². The number of carbonyl (C=O) groups is 3. The van der Waals surface area contributed by atoms with Gasteiger partial charge < -0.3 is 18.9 Å². The van der Waals surface area contributed by atoms with E-state index in [9.17, 15) is 14.4 Å². The molecule has 23 heavy (non-hydrogen) atoms. The standard InChI is InChI=1S/C16H20O7/c1-9(17)22-14-8-11(16(19)20-3)7-12(13-5-4-6-21-13)15(14)23-10(2)18/h4,6-7,11,13-15H,5,8H2,1-3H3/t11?,13?,14?,15-/m1/s1. The SMILES string of the molecule is COC(=O)C1C=C(C2CC=CO2)[C@@H](OC(C)=O)C(OC(C)=O)C1. The van der Waals surface area contributed by atoms with Gasteiger partial charge in [-0.05, 0) is 6.08 Å². The van der Waals surface area contributed by atoms with E-state index in [2.05, 4.69) is 0 Å². The summed E-state index contributed by atoms with van der Waals surface area (Å²) in [5, 5.41) is 0. The molecule has 0 bridgehead atoms. The average Bonchev–Trinajstić information content (AvgIpc) is 3.01. The number of hydrogen-bond acceptors (Lipinski definition) is 7. The maximum absolute atomic E-state index is 11.9. The minimum absolute atomic E-state index is 0.188. The molecular formula is C16H20O7. The summed E-state index contributed by atoms with van der Waals surface area (Å²) in [4.78, 5) is 34.7. The van der Waals surface area contributed by atoms with Crippen LogP contribution in [0.2, 0.25) is 0 Å². The summed E-state index contributed by atoms with van der Waals surface area (Å²) in [6.07, 6.45) is 3.96. The summed E-state index contributed by atoms with van der Waals surface area (Å²) in [6.45, 7) is 2.55. The Morgan fingerprint density at radius 1 is 1.17 bits per heavy atom. The van der Waals surface area contributed by atoms with Crippen molar-refractivity contribution in [1.29, 1.82) is 0 Å². The normalized spacial score (nSPS) is 29.3. The first-order chi connectivity index (χ1) is 10.9. The van der Waals surface area contributed by atoms with Gasteiger partial charge in [-0.25, -0.2) is 0 Å². The van der Waals surface area contributed by atoms with Crippen molar-refractivity contribution in [3.05, 3.63) is 24.0 Å². The first-order valence-electron chi connectivity index (χ1n) is 7.36. The fourth-order valence-electron chi connectivity index (χ4n) is 2.84. The van der Waals surface area contributed by atoms with Crippen molar-refractivity contribution in [2.24, 2.45) is 5.92 Å². The van der Waals surface area contributed by atoms with Crippen molar-refractivity contribution in [3.63, 3.8) is 0 Å². The molecule has 126 valence electrons. The summed E-state index contributed by atoms with van der Waals surface area (Å²) < 4.78 is 20.9. The van der Waals surface area contributed by atoms with Crippen molar-refractivity contribution in [3.8, 4) is 0 Å². The van der Waals surface area contributed by atoms with Gasteiger partial charge in [-0.1, -0.05) is 6.08 Å². The average molecular weight is 324 g/mol. The third-order valence-corrected chi connectivity index (χ3v) is 3.72. The molecule has 2 aliphatic rings. The van der Waals surface area contributed by atoms with Crippen molar-refractivity contribution in [2.45, 2.75) is 45.0 Å². The molecule has 1 aliphatic carbocycles. The smallest absolute Gasteiger partial charge is 0.312 e. The van der Waals surface area contributed by atoms with Crippen LogP contribution in [-0.4, -0.2) is 43.3 Å². The van der Waals surface area contributed by atoms with E-state index in [4.69, 9.17) is 18.9 Å². The van der Waals surface area contributed by atoms with Crippen molar-refractivity contribution >= 4 is 17.9 Å². The number of esters is 3. The molecule has 0 saturated heterocycles. The minimum atomic E-state index is -0.776. The Morgan fingerprint density at radius 3 is 2.39 bits per heavy atom. The maximum Gasteiger partial charge on any atom is 0.312 e. The van der Waals surface area contributed by atoms with Crippen LogP contribution in [0.3, 0.4) is 0 Å². The van der Waals surface area contributed by atoms with Gasteiger partial charge in [-0.2, -0.15) is 0 Å². The van der Waals surface area contributed by atoms with Crippen LogP contribution in [0.5, 0.6) is 0 Å². The van der Waals surface area contributed by atoms with E-state index in [0.29, 0.717) is 12.0 Å². The predicted molar refractivity (Wildman–Crippen MR) is 77.9 cm³/mol. The molecule has 3 unspecified atom stereocenters. The van der Waals surface area contributed by atoms with Crippen molar-refractivity contribution < 1.29 is 33.3 Å². The Hall–Kier alpha value is -2.31. The second-order valence-corrected chi connectivity index (χ2v) is 5.44. The zero-order valence-electron chi connectivity index (χ0n) is 13.3. The highest BCUT2D eigenvalue weighted by atomic mass is 16.6. The predicted octanol–water partition coefficient (Wildman–Crippen LogP) is 1.27. The number of methoxy groups -OCH3 is 1. The quantitative estimate of drug-likeness (QED) is 0.437. The van der Waals surface area contributed by atoms with Crippen molar-refractivity contribution in [1.82, 2.24) is 0 Å². The number of ether oxygens (including phenoxy) is 4. The van der Waals surface area contributed by atoms with Gasteiger partial charge in [0.15, 0.2) is 6.10 Å². The molecule has 0 radical (unpaired) electrons. The maximum atomic E-state index is 11.9. The van der Waals surface area contributed by atoms with E-state index >= 15 is 0 Å². The van der Waals surface area contributed by atoms with E-state index in [1.807, 2.05) is 6.08 Å². The molecule has 7 nitrogen and oxygen atoms in total. The third-order valence-electron chi connectivity index (χ3n) is 3.72. The highest BCUT2D eigenvalue weighted by molar-refractivity contribution is 5.75. The first-order valence-corrected chi connectivity index (χ1v) is 7.36. The van der Waals surface area contributed by atoms with Gasteiger partial charge in [0.2, 0.25) is 0 Å². The van der Waals surface area contributed by atoms with Crippen molar-refractivity contribution in [2.75, 3.05) is 7.11 Å². The Balaban J connectivity index is 2.34. The second kappa shape index (κ2) is 7.30. The van der Waals surface area contributed by atoms with Crippen LogP contribution in [0.15, 0.2) is 24.0 Å². The van der Waals surface area contributed by atoms with Crippen LogP contribution in [-0.2, 0) is 33.3 Å². The van der Waals surface area contributed by atoms with Crippen LogP contribution in [0.1, 0.15) is 26.7 Å². The Morgan fingerprint density at radius 2 is 1.87 bits per heavy atom. The lowest BCUT2D eigenvalue weighted by Crippen LogP contribution is -2.44. The zero-order valence-corrected chi connectivity index (χ0v) is 13.3. The summed E-state index contributed by atoms with van der Waals surface area (Å²) in [5.41, 5.74) is 0.609. The lowest BCUT2D eigenvalue weighted by atomic mass is 9.83. The zero-order chi connectivity index (χ0) is 17.0. The van der Waals surface area contributed by atoms with Gasteiger partial charge in [0.05, 0.1) is 19.3 Å². The molecule has 0 aromatic heterocycles. The molecule has 0 amide bonds. The number of carbonyl (C=O) groups excluding carboxylic acids is 3. The molecule has 1 heterocycles. The second-order valence-electron chi connectivity index (χ2n) is 5.44. The lowest BCUT2D eigenvalue weighted by molar-refractivity contribution is -0.167. The molecule has 0 aromatic rings. The van der Waals surface area contributed by atoms with Crippen LogP contribution in [0.4, 0.5) is 0 Å². The number of rotatable bonds is 4. The van der Waals surface area contributed by atoms with Gasteiger partial charge in [-0.3, -0.25) is 14.4 Å². The molecule has 2 rings (SSSR count). The van der Waals surface area contributed by atoms with Crippen LogP contribution in [0.25, 0.3) is 0 Å². The van der Waals surface area contributed by atoms with Gasteiger partial charge in [-0.15, -0.1) is 0 Å². The fourth-order valence-corrected chi connectivity index (χ4v) is 2.84. The monoisotopic (exact) mass is 324 g/mol. The van der Waals surface area contributed by atoms with Crippen LogP contribution < -0.4 is 0 Å². The molecular weight excluding hydrogens is 304 g/mol. The minimum Gasteiger partial charge on any atom is -0.494 e. The van der Waals surface area contributed by atoms with E-state index in [-0.39, 0.29) is 12.5 Å². The molecule has 0 spiro atoms. The Kier molecular flexibility index (Phi) is 5.41. The van der Waals surface area contributed by atoms with E-state index < -0.39 is 36.0 Å². The van der Waals surface area contributed by atoms with E-state index in [1.54, 1.807) is 12.3 Å². The summed E-state index contributed by atoms with van der Waals surface area (Å²) in [5.74, 6) is -2.04. The molecule has 7 heteroatoms. The van der Waals surface area contributed by atoms with Crippen LogP contribution in [0, 0.1) is 5.92 Å². The van der Waals surface area contributed by atoms with Gasteiger partial charge in [0.1, 0.15) is 12.2 Å². The topological polar surface area (TPSA) is 88.1 Å². The molecule has 1 aliphatic heterocycles. The van der Waals surface area contributed by atoms with E-state index in [1.165, 1.54) is 21.0 Å². The third kappa shape index (κ3) is 4.12. The highest BCUT2D eigenvalue weighted by Gasteiger charge is 2.42. The lowest BCUT2D eigenvalue weighted by Gasteiger charge is -2.35. The molecule has 0 fully saturated rings. The van der Waals surface area contributed by atoms with Gasteiger partial charge >= 0.3 is 17.9 Å². The summed E-state index contributed by atoms with van der Waals surface area (Å²) in [6, 6.07) is 0. The fraction of sp³-hybridized carbons (Fsp3) is 0.562. The molecule has 0 aromatic carbocycles. The molecule has 0 saturated carbocycles. The summed E-state index contributed by atoms with van der Waals surface area (Å²) >= 11 is 0. The van der Waals surface area contributed by atoms with E-state index in [0.717, 1.165) is 0 Å². The van der Waals surface area contributed by atoms with Crippen LogP contribution >= 0.6 is 0 Å². The molecule has 0 N–H and O–H groups in total. The Labute approximate surface area is 134 Å². The number of hydrogen-bond donors (Lipinski definition) is 0.